The summed E-state index contributed by atoms with van der Waals surface area (Å²) >= 11 is 0. The number of anilines is 4. The zero-order valence-electron chi connectivity index (χ0n) is 15.5. The number of aryl methyl sites for hydroxylation is 2. The van der Waals surface area contributed by atoms with Gasteiger partial charge in [-0.3, -0.25) is 0 Å². The maximum Gasteiger partial charge on any atom is 0.229 e. The molecule has 0 amide bonds. The Morgan fingerprint density at radius 1 is 0.750 bits per heavy atom. The van der Waals surface area contributed by atoms with E-state index < -0.39 is 0 Å². The van der Waals surface area contributed by atoms with Crippen molar-refractivity contribution in [1.82, 2.24) is 9.97 Å². The molecule has 3 aromatic carbocycles. The van der Waals surface area contributed by atoms with Gasteiger partial charge in [0.1, 0.15) is 11.6 Å². The third kappa shape index (κ3) is 4.05. The van der Waals surface area contributed by atoms with Crippen molar-refractivity contribution in [3.63, 3.8) is 0 Å². The van der Waals surface area contributed by atoms with Crippen molar-refractivity contribution in [3.8, 4) is 0 Å². The Morgan fingerprint density at radius 3 is 2.25 bits per heavy atom. The van der Waals surface area contributed by atoms with Gasteiger partial charge in [-0.1, -0.05) is 30.3 Å². The highest BCUT2D eigenvalue weighted by molar-refractivity contribution is 5.92. The zero-order valence-corrected chi connectivity index (χ0v) is 16.3. The fourth-order valence-corrected chi connectivity index (χ4v) is 2.96. The number of nitrogens with one attached hydrogen (secondary N) is 2. The monoisotopic (exact) mass is 394 g/mol. The third-order valence-corrected chi connectivity index (χ3v) is 4.44. The first kappa shape index (κ1) is 19.6. The van der Waals surface area contributed by atoms with Crippen LogP contribution in [-0.2, 0) is 0 Å². The minimum atomic E-state index is -0.264. The van der Waals surface area contributed by atoms with E-state index in [4.69, 9.17) is 0 Å². The Balaban J connectivity index is 0.00000225. The molecule has 0 aliphatic heterocycles. The second-order valence-corrected chi connectivity index (χ2v) is 6.44. The largest absolute Gasteiger partial charge is 0.339 e. The number of hydrogen-bond donors (Lipinski definition) is 2. The van der Waals surface area contributed by atoms with Crippen LogP contribution in [0, 0.1) is 19.7 Å². The van der Waals surface area contributed by atoms with Crippen LogP contribution in [0.15, 0.2) is 66.7 Å². The van der Waals surface area contributed by atoms with Gasteiger partial charge in [0.15, 0.2) is 0 Å². The van der Waals surface area contributed by atoms with Gasteiger partial charge in [-0.05, 0) is 61.4 Å². The van der Waals surface area contributed by atoms with E-state index in [0.29, 0.717) is 5.95 Å². The summed E-state index contributed by atoms with van der Waals surface area (Å²) in [6.07, 6.45) is 0. The number of rotatable bonds is 4. The van der Waals surface area contributed by atoms with Crippen molar-refractivity contribution < 1.29 is 4.39 Å². The number of para-hydroxylation sites is 2. The van der Waals surface area contributed by atoms with Gasteiger partial charge in [0, 0.05) is 16.8 Å². The van der Waals surface area contributed by atoms with Crippen molar-refractivity contribution in [2.75, 3.05) is 10.6 Å². The summed E-state index contributed by atoms with van der Waals surface area (Å²) in [5.41, 5.74) is 4.51. The molecule has 0 bridgehead atoms. The quantitative estimate of drug-likeness (QED) is 0.426. The minimum Gasteiger partial charge on any atom is -0.339 e. The highest BCUT2D eigenvalue weighted by Gasteiger charge is 2.10. The molecule has 2 N–H and O–H groups in total. The molecule has 0 fully saturated rings. The van der Waals surface area contributed by atoms with Crippen LogP contribution in [0.25, 0.3) is 10.9 Å². The zero-order chi connectivity index (χ0) is 18.8. The number of aromatic nitrogens is 2. The molecule has 0 unspecified atom stereocenters. The first-order chi connectivity index (χ1) is 13.1. The van der Waals surface area contributed by atoms with Gasteiger partial charge in [-0.2, -0.15) is 4.98 Å². The molecule has 0 saturated heterocycles. The lowest BCUT2D eigenvalue weighted by atomic mass is 10.2. The van der Waals surface area contributed by atoms with Crippen LogP contribution >= 0.6 is 12.4 Å². The molecule has 28 heavy (non-hydrogen) atoms. The number of hydrogen-bond acceptors (Lipinski definition) is 4. The molecule has 4 rings (SSSR count). The van der Waals surface area contributed by atoms with E-state index in [1.165, 1.54) is 12.1 Å². The van der Waals surface area contributed by atoms with E-state index >= 15 is 0 Å². The van der Waals surface area contributed by atoms with Crippen molar-refractivity contribution in [2.24, 2.45) is 0 Å². The Kier molecular flexibility index (Phi) is 5.76. The van der Waals surface area contributed by atoms with Crippen LogP contribution in [0.2, 0.25) is 0 Å². The normalized spacial score (nSPS) is 10.4. The number of nitrogens with zero attached hydrogens (tertiary/aromatic N) is 2. The van der Waals surface area contributed by atoms with Gasteiger partial charge in [0.25, 0.3) is 0 Å². The lowest BCUT2D eigenvalue weighted by molar-refractivity contribution is 0.627. The molecule has 0 aliphatic rings. The second kappa shape index (κ2) is 8.23. The molecule has 0 saturated carbocycles. The predicted octanol–water partition coefficient (Wildman–Crippen LogP) is 6.29. The van der Waals surface area contributed by atoms with Gasteiger partial charge in [-0.15, -0.1) is 12.4 Å². The number of halogens is 2. The molecule has 1 heterocycles. The van der Waals surface area contributed by atoms with E-state index in [0.717, 1.165) is 39.2 Å². The van der Waals surface area contributed by atoms with E-state index in [2.05, 4.69) is 20.6 Å². The molecule has 4 aromatic rings. The predicted molar refractivity (Wildman–Crippen MR) is 116 cm³/mol. The van der Waals surface area contributed by atoms with Gasteiger partial charge >= 0.3 is 0 Å². The van der Waals surface area contributed by atoms with Crippen LogP contribution in [-0.4, -0.2) is 9.97 Å². The molecule has 142 valence electrons. The molecule has 0 spiro atoms. The summed E-state index contributed by atoms with van der Waals surface area (Å²) in [6, 6.07) is 20.5. The lowest BCUT2D eigenvalue weighted by Gasteiger charge is -2.14. The first-order valence-corrected chi connectivity index (χ1v) is 8.73. The molecule has 0 radical (unpaired) electrons. The van der Waals surface area contributed by atoms with E-state index in [1.807, 2.05) is 62.4 Å². The van der Waals surface area contributed by atoms with Gasteiger partial charge in [-0.25, -0.2) is 9.37 Å². The standard InChI is InChI=1S/C22H19FN4.ClH/c1-14-7-3-5-9-18(14)24-21-17-8-4-6-10-20(17)26-22(27-21)25-19-12-11-16(23)13-15(19)2;/h3-13H,1-2H3,(H2,24,25,26,27);1H. The molecular formula is C22H20ClFN4. The summed E-state index contributed by atoms with van der Waals surface area (Å²) in [4.78, 5) is 9.27. The van der Waals surface area contributed by atoms with Crippen LogP contribution in [0.3, 0.4) is 0 Å². The summed E-state index contributed by atoms with van der Waals surface area (Å²) in [5, 5.41) is 7.55. The van der Waals surface area contributed by atoms with Crippen molar-refractivity contribution >= 4 is 46.5 Å². The van der Waals surface area contributed by atoms with E-state index in [1.54, 1.807) is 6.07 Å². The van der Waals surface area contributed by atoms with Crippen molar-refractivity contribution in [3.05, 3.63) is 83.7 Å². The number of fused-ring (bicyclic) bond motifs is 1. The smallest absolute Gasteiger partial charge is 0.229 e. The molecule has 0 atom stereocenters. The van der Waals surface area contributed by atoms with Gasteiger partial charge < -0.3 is 10.6 Å². The Morgan fingerprint density at radius 2 is 1.46 bits per heavy atom. The van der Waals surface area contributed by atoms with E-state index in [-0.39, 0.29) is 18.2 Å². The van der Waals surface area contributed by atoms with Crippen molar-refractivity contribution in [1.29, 1.82) is 0 Å². The summed E-state index contributed by atoms with van der Waals surface area (Å²) in [7, 11) is 0. The van der Waals surface area contributed by atoms with Crippen LogP contribution in [0.5, 0.6) is 0 Å². The molecule has 4 nitrogen and oxygen atoms in total. The van der Waals surface area contributed by atoms with Gasteiger partial charge in [0.05, 0.1) is 5.52 Å². The first-order valence-electron chi connectivity index (χ1n) is 8.73. The SMILES string of the molecule is Cc1cc(F)ccc1Nc1nc(Nc2ccccc2C)c2ccccc2n1.Cl. The Bertz CT molecular complexity index is 1130. The highest BCUT2D eigenvalue weighted by atomic mass is 35.5. The average molecular weight is 395 g/mol. The average Bonchev–Trinajstić information content (AvgIpc) is 2.66. The molecule has 0 aliphatic carbocycles. The van der Waals surface area contributed by atoms with Crippen LogP contribution in [0.1, 0.15) is 11.1 Å². The van der Waals surface area contributed by atoms with E-state index in [9.17, 15) is 4.39 Å². The molecular weight excluding hydrogens is 375 g/mol. The summed E-state index contributed by atoms with van der Waals surface area (Å²) in [6.45, 7) is 3.89. The Hall–Kier alpha value is -3.18. The molecule has 1 aromatic heterocycles. The Labute approximate surface area is 169 Å². The highest BCUT2D eigenvalue weighted by Crippen LogP contribution is 2.28. The fraction of sp³-hybridized carbons (Fsp3) is 0.0909. The van der Waals surface area contributed by atoms with Gasteiger partial charge in [0.2, 0.25) is 5.95 Å². The second-order valence-electron chi connectivity index (χ2n) is 6.44. The summed E-state index contributed by atoms with van der Waals surface area (Å²) in [5.74, 6) is 0.913. The van der Waals surface area contributed by atoms with Crippen LogP contribution < -0.4 is 10.6 Å². The fourth-order valence-electron chi connectivity index (χ4n) is 2.96. The maximum atomic E-state index is 13.4. The lowest BCUT2D eigenvalue weighted by Crippen LogP contribution is -2.03. The maximum absolute atomic E-state index is 13.4. The summed E-state index contributed by atoms with van der Waals surface area (Å²) < 4.78 is 13.4. The van der Waals surface area contributed by atoms with Crippen molar-refractivity contribution in [2.45, 2.75) is 13.8 Å². The molecule has 6 heteroatoms. The number of benzene rings is 3. The van der Waals surface area contributed by atoms with Crippen LogP contribution in [0.4, 0.5) is 27.5 Å². The topological polar surface area (TPSA) is 49.8 Å². The minimum absolute atomic E-state index is 0. The third-order valence-electron chi connectivity index (χ3n) is 4.44.